The summed E-state index contributed by atoms with van der Waals surface area (Å²) in [6.45, 7) is 7.14. The lowest BCUT2D eigenvalue weighted by Crippen LogP contribution is -2.25. The van der Waals surface area contributed by atoms with Crippen molar-refractivity contribution in [2.24, 2.45) is 5.92 Å². The monoisotopic (exact) mass is 338 g/mol. The number of aromatic nitrogens is 2. The van der Waals surface area contributed by atoms with Gasteiger partial charge < -0.3 is 10.2 Å². The third-order valence-corrected chi connectivity index (χ3v) is 4.53. The van der Waals surface area contributed by atoms with Crippen molar-refractivity contribution in [1.82, 2.24) is 15.5 Å². The molecule has 0 unspecified atom stereocenters. The van der Waals surface area contributed by atoms with E-state index in [1.165, 1.54) is 12.8 Å². The molecule has 0 aliphatic carbocycles. The fraction of sp³-hybridized carbons (Fsp3) is 0.450. The molecule has 0 saturated carbocycles. The van der Waals surface area contributed by atoms with Crippen LogP contribution < -0.4 is 10.2 Å². The quantitative estimate of drug-likeness (QED) is 0.875. The third kappa shape index (κ3) is 4.56. The standard InChI is InChI=1S/C20H26N4O/c1-15(2)11-12-21-20(25)17-7-5-16(6-8-17)18-9-10-19(23-22-18)24-13-3-4-14-24/h5-10,15H,3-4,11-14H2,1-2H3,(H,21,25). The number of hydrogen-bond acceptors (Lipinski definition) is 4. The van der Waals surface area contributed by atoms with Gasteiger partial charge in [0.25, 0.3) is 5.91 Å². The van der Waals surface area contributed by atoms with Gasteiger partial charge in [0.05, 0.1) is 5.69 Å². The van der Waals surface area contributed by atoms with Crippen LogP contribution in [0.5, 0.6) is 0 Å². The number of hydrogen-bond donors (Lipinski definition) is 1. The van der Waals surface area contributed by atoms with Crippen LogP contribution in [-0.2, 0) is 0 Å². The molecular formula is C20H26N4O. The highest BCUT2D eigenvalue weighted by Gasteiger charge is 2.14. The van der Waals surface area contributed by atoms with Crippen molar-refractivity contribution in [3.63, 3.8) is 0 Å². The number of carbonyl (C=O) groups is 1. The van der Waals surface area contributed by atoms with E-state index in [0.29, 0.717) is 18.0 Å². The Morgan fingerprint density at radius 1 is 1.08 bits per heavy atom. The number of anilines is 1. The van der Waals surface area contributed by atoms with Crippen LogP contribution in [0.4, 0.5) is 5.82 Å². The predicted molar refractivity (Wildman–Crippen MR) is 101 cm³/mol. The highest BCUT2D eigenvalue weighted by atomic mass is 16.1. The molecule has 2 aromatic rings. The molecule has 132 valence electrons. The summed E-state index contributed by atoms with van der Waals surface area (Å²) in [5.74, 6) is 1.51. The smallest absolute Gasteiger partial charge is 0.251 e. The molecule has 3 rings (SSSR count). The van der Waals surface area contributed by atoms with Crippen molar-refractivity contribution in [3.8, 4) is 11.3 Å². The first-order valence-corrected chi connectivity index (χ1v) is 9.11. The van der Waals surface area contributed by atoms with Gasteiger partial charge in [-0.15, -0.1) is 10.2 Å². The summed E-state index contributed by atoms with van der Waals surface area (Å²) in [6.07, 6.45) is 3.44. The van der Waals surface area contributed by atoms with Crippen molar-refractivity contribution in [2.45, 2.75) is 33.1 Å². The van der Waals surface area contributed by atoms with E-state index in [4.69, 9.17) is 0 Å². The topological polar surface area (TPSA) is 58.1 Å². The molecule has 1 aromatic heterocycles. The minimum Gasteiger partial charge on any atom is -0.355 e. The van der Waals surface area contributed by atoms with Gasteiger partial charge in [0.2, 0.25) is 0 Å². The van der Waals surface area contributed by atoms with Crippen molar-refractivity contribution in [3.05, 3.63) is 42.0 Å². The molecule has 1 fully saturated rings. The fourth-order valence-electron chi connectivity index (χ4n) is 2.96. The molecule has 0 radical (unpaired) electrons. The minimum atomic E-state index is -0.0253. The van der Waals surface area contributed by atoms with Gasteiger partial charge in [0.1, 0.15) is 0 Å². The molecule has 5 heteroatoms. The van der Waals surface area contributed by atoms with Crippen molar-refractivity contribution < 1.29 is 4.79 Å². The first-order chi connectivity index (χ1) is 12.1. The molecule has 0 bridgehead atoms. The zero-order chi connectivity index (χ0) is 17.6. The molecule has 2 heterocycles. The Balaban J connectivity index is 1.62. The summed E-state index contributed by atoms with van der Waals surface area (Å²) in [4.78, 5) is 14.4. The van der Waals surface area contributed by atoms with Crippen molar-refractivity contribution in [1.29, 1.82) is 0 Å². The van der Waals surface area contributed by atoms with Gasteiger partial charge in [-0.25, -0.2) is 0 Å². The van der Waals surface area contributed by atoms with E-state index in [-0.39, 0.29) is 5.91 Å². The van der Waals surface area contributed by atoms with Crippen molar-refractivity contribution >= 4 is 11.7 Å². The zero-order valence-electron chi connectivity index (χ0n) is 15.0. The summed E-state index contributed by atoms with van der Waals surface area (Å²) >= 11 is 0. The van der Waals surface area contributed by atoms with Gasteiger partial charge in [-0.05, 0) is 49.4 Å². The highest BCUT2D eigenvalue weighted by molar-refractivity contribution is 5.94. The van der Waals surface area contributed by atoms with Gasteiger partial charge in [-0.1, -0.05) is 26.0 Å². The first kappa shape index (κ1) is 17.4. The molecule has 0 spiro atoms. The molecule has 0 atom stereocenters. The Morgan fingerprint density at radius 3 is 2.40 bits per heavy atom. The number of nitrogens with zero attached hydrogens (tertiary/aromatic N) is 3. The average Bonchev–Trinajstić information content (AvgIpc) is 3.16. The maximum Gasteiger partial charge on any atom is 0.251 e. The maximum atomic E-state index is 12.1. The summed E-state index contributed by atoms with van der Waals surface area (Å²) in [6, 6.07) is 11.6. The highest BCUT2D eigenvalue weighted by Crippen LogP contribution is 2.21. The Morgan fingerprint density at radius 2 is 1.80 bits per heavy atom. The van der Waals surface area contributed by atoms with Crippen LogP contribution in [0.2, 0.25) is 0 Å². The van der Waals surface area contributed by atoms with Gasteiger partial charge in [-0.2, -0.15) is 0 Å². The number of nitrogens with one attached hydrogen (secondary N) is 1. The molecule has 1 aliphatic rings. The Kier molecular flexibility index (Phi) is 5.64. The zero-order valence-corrected chi connectivity index (χ0v) is 15.0. The van der Waals surface area contributed by atoms with Crippen LogP contribution in [-0.4, -0.2) is 35.7 Å². The lowest BCUT2D eigenvalue weighted by Gasteiger charge is -2.15. The molecule has 1 N–H and O–H groups in total. The Bertz CT molecular complexity index is 689. The first-order valence-electron chi connectivity index (χ1n) is 9.11. The number of rotatable bonds is 6. The third-order valence-electron chi connectivity index (χ3n) is 4.53. The van der Waals surface area contributed by atoms with Crippen LogP contribution >= 0.6 is 0 Å². The van der Waals surface area contributed by atoms with E-state index in [2.05, 4.69) is 34.3 Å². The van der Waals surface area contributed by atoms with Crippen LogP contribution in [0, 0.1) is 5.92 Å². The van der Waals surface area contributed by atoms with Crippen LogP contribution in [0.15, 0.2) is 36.4 Å². The van der Waals surface area contributed by atoms with E-state index in [0.717, 1.165) is 36.6 Å². The summed E-state index contributed by atoms with van der Waals surface area (Å²) in [5, 5.41) is 11.6. The van der Waals surface area contributed by atoms with E-state index < -0.39 is 0 Å². The fourth-order valence-corrected chi connectivity index (χ4v) is 2.96. The van der Waals surface area contributed by atoms with E-state index in [1.54, 1.807) is 0 Å². The molecular weight excluding hydrogens is 312 g/mol. The Hall–Kier alpha value is -2.43. The number of benzene rings is 1. The Labute approximate surface area is 149 Å². The predicted octanol–water partition coefficient (Wildman–Crippen LogP) is 3.52. The van der Waals surface area contributed by atoms with Gasteiger partial charge in [0, 0.05) is 30.8 Å². The van der Waals surface area contributed by atoms with Gasteiger partial charge >= 0.3 is 0 Å². The van der Waals surface area contributed by atoms with E-state index in [1.807, 2.05) is 36.4 Å². The van der Waals surface area contributed by atoms with E-state index in [9.17, 15) is 4.79 Å². The molecule has 25 heavy (non-hydrogen) atoms. The van der Waals surface area contributed by atoms with E-state index >= 15 is 0 Å². The van der Waals surface area contributed by atoms with Gasteiger partial charge in [0.15, 0.2) is 5.82 Å². The van der Waals surface area contributed by atoms with Crippen molar-refractivity contribution in [2.75, 3.05) is 24.5 Å². The average molecular weight is 338 g/mol. The molecule has 1 saturated heterocycles. The summed E-state index contributed by atoms with van der Waals surface area (Å²) < 4.78 is 0. The normalized spacial score (nSPS) is 14.1. The lowest BCUT2D eigenvalue weighted by atomic mass is 10.1. The SMILES string of the molecule is CC(C)CCNC(=O)c1ccc(-c2ccc(N3CCCC3)nn2)cc1. The largest absolute Gasteiger partial charge is 0.355 e. The molecule has 1 aromatic carbocycles. The number of carbonyl (C=O) groups excluding carboxylic acids is 1. The second-order valence-electron chi connectivity index (χ2n) is 6.99. The summed E-state index contributed by atoms with van der Waals surface area (Å²) in [7, 11) is 0. The molecule has 1 amide bonds. The lowest BCUT2D eigenvalue weighted by molar-refractivity contribution is 0.0952. The molecule has 1 aliphatic heterocycles. The minimum absolute atomic E-state index is 0.0253. The molecule has 5 nitrogen and oxygen atoms in total. The van der Waals surface area contributed by atoms with Crippen LogP contribution in [0.1, 0.15) is 43.5 Å². The number of amides is 1. The maximum absolute atomic E-state index is 12.1. The summed E-state index contributed by atoms with van der Waals surface area (Å²) in [5.41, 5.74) is 2.48. The van der Waals surface area contributed by atoms with Gasteiger partial charge in [-0.3, -0.25) is 4.79 Å². The second-order valence-corrected chi connectivity index (χ2v) is 6.99. The second kappa shape index (κ2) is 8.10. The van der Waals surface area contributed by atoms with Crippen LogP contribution in [0.25, 0.3) is 11.3 Å². The van der Waals surface area contributed by atoms with Crippen LogP contribution in [0.3, 0.4) is 0 Å².